The lowest BCUT2D eigenvalue weighted by atomic mass is 10.4. The van der Waals surface area contributed by atoms with Gasteiger partial charge in [0, 0.05) is 18.4 Å². The average molecular weight is 269 g/mol. The molecule has 0 saturated heterocycles. The van der Waals surface area contributed by atoms with Crippen LogP contribution < -0.4 is 0 Å². The van der Waals surface area contributed by atoms with Crippen molar-refractivity contribution in [3.05, 3.63) is 34.8 Å². The van der Waals surface area contributed by atoms with Crippen LogP contribution in [0.25, 0.3) is 0 Å². The fraction of sp³-hybridized carbons (Fsp3) is 0.400. The van der Waals surface area contributed by atoms with Gasteiger partial charge in [-0.15, -0.1) is 0 Å². The summed E-state index contributed by atoms with van der Waals surface area (Å²) in [6, 6.07) is 2.43. The van der Waals surface area contributed by atoms with Gasteiger partial charge in [-0.1, -0.05) is 0 Å². The Kier molecular flexibility index (Phi) is 2.90. The highest BCUT2D eigenvalue weighted by atomic mass is 79.9. The van der Waals surface area contributed by atoms with Gasteiger partial charge in [0.05, 0.1) is 22.9 Å². The van der Waals surface area contributed by atoms with Crippen LogP contribution in [-0.2, 0) is 6.54 Å². The van der Waals surface area contributed by atoms with Gasteiger partial charge in [-0.25, -0.2) is 0 Å². The molecule has 0 bridgehead atoms. The van der Waals surface area contributed by atoms with Crippen molar-refractivity contribution in [2.75, 3.05) is 0 Å². The van der Waals surface area contributed by atoms with Crippen LogP contribution in [0.1, 0.15) is 25.6 Å². The first-order valence-corrected chi connectivity index (χ1v) is 5.66. The van der Waals surface area contributed by atoms with Gasteiger partial charge in [-0.2, -0.15) is 10.2 Å². The molecule has 15 heavy (non-hydrogen) atoms. The number of halogens is 1. The summed E-state index contributed by atoms with van der Waals surface area (Å²) in [7, 11) is 0. The molecule has 0 N–H and O–H groups in total. The second kappa shape index (κ2) is 4.18. The summed E-state index contributed by atoms with van der Waals surface area (Å²) in [5, 5.41) is 8.64. The molecular formula is C10H13BrN4. The monoisotopic (exact) mass is 268 g/mol. The third kappa shape index (κ3) is 2.47. The van der Waals surface area contributed by atoms with Gasteiger partial charge in [0.1, 0.15) is 0 Å². The summed E-state index contributed by atoms with van der Waals surface area (Å²) < 4.78 is 4.80. The second-order valence-electron chi connectivity index (χ2n) is 3.74. The first-order valence-electron chi connectivity index (χ1n) is 4.87. The summed E-state index contributed by atoms with van der Waals surface area (Å²) in [6.07, 6.45) is 5.71. The fourth-order valence-corrected chi connectivity index (χ4v) is 1.67. The minimum atomic E-state index is 0.406. The Morgan fingerprint density at radius 1 is 1.47 bits per heavy atom. The number of nitrogens with zero attached hydrogens (tertiary/aromatic N) is 4. The molecule has 0 aliphatic heterocycles. The lowest BCUT2D eigenvalue weighted by molar-refractivity contribution is 0.521. The van der Waals surface area contributed by atoms with Crippen molar-refractivity contribution >= 4 is 15.9 Å². The molecule has 2 aromatic rings. The Morgan fingerprint density at radius 2 is 2.27 bits per heavy atom. The first-order chi connectivity index (χ1) is 7.15. The van der Waals surface area contributed by atoms with Gasteiger partial charge in [0.25, 0.3) is 0 Å². The highest BCUT2D eigenvalue weighted by Gasteiger charge is 2.03. The van der Waals surface area contributed by atoms with Crippen LogP contribution in [0.3, 0.4) is 0 Å². The summed E-state index contributed by atoms with van der Waals surface area (Å²) in [6.45, 7) is 4.94. The molecule has 4 nitrogen and oxygen atoms in total. The molecule has 0 aliphatic carbocycles. The highest BCUT2D eigenvalue weighted by Crippen LogP contribution is 2.09. The number of hydrogen-bond acceptors (Lipinski definition) is 2. The van der Waals surface area contributed by atoms with Crippen LogP contribution in [0.15, 0.2) is 29.1 Å². The van der Waals surface area contributed by atoms with E-state index in [1.165, 1.54) is 0 Å². The molecule has 2 rings (SSSR count). The zero-order valence-electron chi connectivity index (χ0n) is 8.76. The molecule has 80 valence electrons. The van der Waals surface area contributed by atoms with Crippen molar-refractivity contribution in [1.82, 2.24) is 19.6 Å². The largest absolute Gasteiger partial charge is 0.270 e. The van der Waals surface area contributed by atoms with E-state index in [0.717, 1.165) is 10.2 Å². The van der Waals surface area contributed by atoms with E-state index in [0.29, 0.717) is 12.6 Å². The predicted molar refractivity (Wildman–Crippen MR) is 61.6 cm³/mol. The van der Waals surface area contributed by atoms with E-state index in [-0.39, 0.29) is 0 Å². The molecular weight excluding hydrogens is 256 g/mol. The highest BCUT2D eigenvalue weighted by molar-refractivity contribution is 9.10. The molecule has 0 aromatic carbocycles. The Hall–Kier alpha value is -1.10. The molecule has 0 radical (unpaired) electrons. The Bertz CT molecular complexity index is 444. The number of hydrogen-bond donors (Lipinski definition) is 0. The maximum atomic E-state index is 4.45. The molecule has 0 amide bonds. The third-order valence-corrected chi connectivity index (χ3v) is 2.53. The van der Waals surface area contributed by atoms with Crippen LogP contribution in [0, 0.1) is 0 Å². The van der Waals surface area contributed by atoms with Crippen LogP contribution in [0.5, 0.6) is 0 Å². The minimum absolute atomic E-state index is 0.406. The molecule has 2 aromatic heterocycles. The molecule has 0 atom stereocenters. The van der Waals surface area contributed by atoms with E-state index >= 15 is 0 Å². The van der Waals surface area contributed by atoms with Gasteiger partial charge < -0.3 is 0 Å². The maximum Gasteiger partial charge on any atom is 0.0850 e. The maximum absolute atomic E-state index is 4.45. The molecule has 0 unspecified atom stereocenters. The third-order valence-electron chi connectivity index (χ3n) is 2.12. The van der Waals surface area contributed by atoms with E-state index in [9.17, 15) is 0 Å². The fourth-order valence-electron chi connectivity index (χ4n) is 1.34. The predicted octanol–water partition coefficient (Wildman–Crippen LogP) is 2.47. The lowest BCUT2D eigenvalue weighted by Gasteiger charge is -2.03. The standard InChI is InChI=1S/C10H13BrN4/c1-8(2)15-4-3-10(13-15)7-14-6-9(11)5-12-14/h3-6,8H,7H2,1-2H3. The SMILES string of the molecule is CC(C)n1ccc(Cn2cc(Br)cn2)n1. The molecule has 0 saturated carbocycles. The van der Waals surface area contributed by atoms with E-state index in [2.05, 4.69) is 40.0 Å². The van der Waals surface area contributed by atoms with Gasteiger partial charge in [0.15, 0.2) is 0 Å². The topological polar surface area (TPSA) is 35.6 Å². The van der Waals surface area contributed by atoms with Crippen molar-refractivity contribution in [1.29, 1.82) is 0 Å². The van der Waals surface area contributed by atoms with Gasteiger partial charge in [-0.3, -0.25) is 9.36 Å². The summed E-state index contributed by atoms with van der Waals surface area (Å²) in [5.74, 6) is 0. The molecule has 0 aliphatic rings. The Labute approximate surface area is 97.0 Å². The van der Waals surface area contributed by atoms with E-state index in [1.54, 1.807) is 6.20 Å². The van der Waals surface area contributed by atoms with E-state index < -0.39 is 0 Å². The number of aromatic nitrogens is 4. The van der Waals surface area contributed by atoms with Crippen LogP contribution in [-0.4, -0.2) is 19.6 Å². The van der Waals surface area contributed by atoms with Gasteiger partial charge in [0.2, 0.25) is 0 Å². The summed E-state index contributed by atoms with van der Waals surface area (Å²) >= 11 is 3.36. The molecule has 5 heteroatoms. The first kappa shape index (κ1) is 10.4. The van der Waals surface area contributed by atoms with Crippen LogP contribution in [0.4, 0.5) is 0 Å². The zero-order chi connectivity index (χ0) is 10.8. The lowest BCUT2D eigenvalue weighted by Crippen LogP contribution is -2.04. The van der Waals surface area contributed by atoms with Crippen molar-refractivity contribution in [2.24, 2.45) is 0 Å². The smallest absolute Gasteiger partial charge is 0.0850 e. The second-order valence-corrected chi connectivity index (χ2v) is 4.65. The molecule has 0 fully saturated rings. The summed E-state index contributed by atoms with van der Waals surface area (Å²) in [5.41, 5.74) is 1.03. The minimum Gasteiger partial charge on any atom is -0.270 e. The van der Waals surface area contributed by atoms with E-state index in [1.807, 2.05) is 27.8 Å². The van der Waals surface area contributed by atoms with Crippen molar-refractivity contribution in [2.45, 2.75) is 26.4 Å². The van der Waals surface area contributed by atoms with Crippen LogP contribution >= 0.6 is 15.9 Å². The molecule has 2 heterocycles. The Morgan fingerprint density at radius 3 is 2.80 bits per heavy atom. The quantitative estimate of drug-likeness (QED) is 0.858. The van der Waals surface area contributed by atoms with Crippen molar-refractivity contribution < 1.29 is 0 Å². The van der Waals surface area contributed by atoms with Crippen molar-refractivity contribution in [3.63, 3.8) is 0 Å². The van der Waals surface area contributed by atoms with Gasteiger partial charge >= 0.3 is 0 Å². The van der Waals surface area contributed by atoms with Crippen LogP contribution in [0.2, 0.25) is 0 Å². The summed E-state index contributed by atoms with van der Waals surface area (Å²) in [4.78, 5) is 0. The Balaban J connectivity index is 2.11. The van der Waals surface area contributed by atoms with E-state index in [4.69, 9.17) is 0 Å². The zero-order valence-corrected chi connectivity index (χ0v) is 10.3. The molecule has 0 spiro atoms. The van der Waals surface area contributed by atoms with Gasteiger partial charge in [-0.05, 0) is 35.8 Å². The average Bonchev–Trinajstić information content (AvgIpc) is 2.76. The normalized spacial score (nSPS) is 11.2. The van der Waals surface area contributed by atoms with Crippen molar-refractivity contribution in [3.8, 4) is 0 Å². The number of rotatable bonds is 3.